The Morgan fingerprint density at radius 2 is 1.96 bits per heavy atom. The molecule has 0 aromatic heterocycles. The van der Waals surface area contributed by atoms with Gasteiger partial charge in [0.25, 0.3) is 0 Å². The highest BCUT2D eigenvalue weighted by molar-refractivity contribution is 8.76. The molecule has 1 amide bonds. The number of aryl methyl sites for hydroxylation is 1. The highest BCUT2D eigenvalue weighted by Gasteiger charge is 2.39. The summed E-state index contributed by atoms with van der Waals surface area (Å²) in [7, 11) is 5.01. The number of carbonyl (C=O) groups is 2. The molecule has 4 atom stereocenters. The summed E-state index contributed by atoms with van der Waals surface area (Å²) in [6.07, 6.45) is 10.8. The first-order chi connectivity index (χ1) is 22.2. The summed E-state index contributed by atoms with van der Waals surface area (Å²) in [5.74, 6) is 2.35. The number of phenolic OH excluding ortho intramolecular Hbond substituents is 1. The number of esters is 1. The molecule has 10 nitrogen and oxygen atoms in total. The molecule has 0 radical (unpaired) electrons. The molecule has 1 saturated heterocycles. The number of aliphatic hydroxyl groups is 1. The number of methoxy groups -OCH3 is 1. The summed E-state index contributed by atoms with van der Waals surface area (Å²) < 4.78 is 11.2. The van der Waals surface area contributed by atoms with Gasteiger partial charge in [-0.05, 0) is 56.1 Å². The van der Waals surface area contributed by atoms with Crippen molar-refractivity contribution in [2.75, 3.05) is 25.3 Å². The number of fused-ring (bicyclic) bond motifs is 4. The van der Waals surface area contributed by atoms with Gasteiger partial charge in [0.15, 0.2) is 17.5 Å². The van der Waals surface area contributed by atoms with E-state index in [1.54, 1.807) is 27.7 Å². The van der Waals surface area contributed by atoms with Crippen LogP contribution in [-0.4, -0.2) is 76.5 Å². The van der Waals surface area contributed by atoms with Crippen LogP contribution in [-0.2, 0) is 27.3 Å². The first-order valence-corrected chi connectivity index (χ1v) is 19.5. The first kappa shape index (κ1) is 38.1. The standard InChI is InChI=1S/C34H56N4O6S2/c1-4-5-8-12-30-26-15-16-36-34(35)37-23-46-45-17-10-7-6-9-11-28(40)21-29(44-24(2)39)14-13-25-18-27(22-38(30)32(41)20-26)33(42)31(19-25)43-3/h18-19,26,28-30,40,42H,4-17,20-23H2,1-3H3,(H3,35,36,37)/t26-,28+,29-,30+/m1/s1. The SMILES string of the molecule is CCCCC[C@H]1[C@@H]2CCNC(N)=NCSSCCCCCC[C@H](O)C[C@H](OC(C)=O)CCc3cc(c(O)c(OC)c3)CN1C(=O)C2. The molecule has 12 heteroatoms. The van der Waals surface area contributed by atoms with E-state index in [2.05, 4.69) is 17.2 Å². The predicted octanol–water partition coefficient (Wildman–Crippen LogP) is 5.91. The number of guanidine groups is 1. The molecule has 1 aromatic carbocycles. The molecule has 0 spiro atoms. The third kappa shape index (κ3) is 13.1. The minimum absolute atomic E-state index is 0.0385. The fourth-order valence-corrected chi connectivity index (χ4v) is 8.28. The molecule has 260 valence electrons. The van der Waals surface area contributed by atoms with Crippen LogP contribution in [0.3, 0.4) is 0 Å². The average molecular weight is 681 g/mol. The van der Waals surface area contributed by atoms with Gasteiger partial charge in [0, 0.05) is 50.2 Å². The maximum absolute atomic E-state index is 13.5. The second kappa shape index (κ2) is 20.8. The zero-order valence-corrected chi connectivity index (χ0v) is 29.6. The maximum Gasteiger partial charge on any atom is 0.302 e. The van der Waals surface area contributed by atoms with Crippen molar-refractivity contribution in [3.05, 3.63) is 23.3 Å². The summed E-state index contributed by atoms with van der Waals surface area (Å²) in [6.45, 7) is 4.51. The second-order valence-corrected chi connectivity index (χ2v) is 15.1. The third-order valence-corrected chi connectivity index (χ3v) is 11.1. The average Bonchev–Trinajstić information content (AvgIpc) is 3.30. The molecule has 2 aliphatic heterocycles. The van der Waals surface area contributed by atoms with Crippen LogP contribution < -0.4 is 15.8 Å². The molecule has 0 aliphatic carbocycles. The largest absolute Gasteiger partial charge is 0.504 e. The number of hydrogen-bond acceptors (Lipinski definition) is 11. The van der Waals surface area contributed by atoms with E-state index < -0.39 is 12.2 Å². The van der Waals surface area contributed by atoms with Gasteiger partial charge in [-0.1, -0.05) is 73.1 Å². The topological polar surface area (TPSA) is 147 Å². The molecule has 46 heavy (non-hydrogen) atoms. The maximum atomic E-state index is 13.5. The van der Waals surface area contributed by atoms with Gasteiger partial charge < -0.3 is 35.6 Å². The molecule has 2 aliphatic rings. The van der Waals surface area contributed by atoms with E-state index in [4.69, 9.17) is 15.2 Å². The van der Waals surface area contributed by atoms with E-state index in [1.165, 1.54) is 14.0 Å². The molecule has 0 saturated carbocycles. The Morgan fingerprint density at radius 3 is 2.72 bits per heavy atom. The number of benzene rings is 1. The van der Waals surface area contributed by atoms with Crippen LogP contribution in [0.2, 0.25) is 0 Å². The van der Waals surface area contributed by atoms with Crippen LogP contribution in [0.1, 0.15) is 108 Å². The molecule has 4 bridgehead atoms. The van der Waals surface area contributed by atoms with Crippen molar-refractivity contribution in [3.8, 4) is 11.5 Å². The lowest BCUT2D eigenvalue weighted by Crippen LogP contribution is -2.37. The zero-order valence-electron chi connectivity index (χ0n) is 28.0. The van der Waals surface area contributed by atoms with Gasteiger partial charge in [-0.3, -0.25) is 9.59 Å². The van der Waals surface area contributed by atoms with Gasteiger partial charge in [0.1, 0.15) is 6.10 Å². The number of nitrogens with zero attached hydrogens (tertiary/aromatic N) is 2. The van der Waals surface area contributed by atoms with E-state index in [-0.39, 0.29) is 29.6 Å². The van der Waals surface area contributed by atoms with Crippen molar-refractivity contribution >= 4 is 39.4 Å². The Balaban J connectivity index is 1.83. The van der Waals surface area contributed by atoms with Crippen molar-refractivity contribution < 1.29 is 29.3 Å². The van der Waals surface area contributed by atoms with Gasteiger partial charge in [-0.15, -0.1) is 0 Å². The van der Waals surface area contributed by atoms with Crippen molar-refractivity contribution in [3.63, 3.8) is 0 Å². The highest BCUT2D eigenvalue weighted by Crippen LogP contribution is 2.38. The number of rotatable bonds is 6. The number of phenols is 1. The first-order valence-electron chi connectivity index (χ1n) is 17.0. The number of aliphatic hydroxyl groups excluding tert-OH is 1. The number of amides is 1. The Hall–Kier alpha value is -2.31. The Morgan fingerprint density at radius 1 is 1.15 bits per heavy atom. The number of nitrogens with one attached hydrogen (secondary N) is 1. The van der Waals surface area contributed by atoms with Crippen LogP contribution in [0.15, 0.2) is 17.1 Å². The third-order valence-electron chi connectivity index (χ3n) is 8.91. The molecular formula is C34H56N4O6S2. The molecule has 0 unspecified atom stereocenters. The fraction of sp³-hybridized carbons (Fsp3) is 0.735. The Bertz CT molecular complexity index is 1120. The Labute approximate surface area is 283 Å². The summed E-state index contributed by atoms with van der Waals surface area (Å²) in [4.78, 5) is 31.7. The number of aromatic hydroxyl groups is 1. The van der Waals surface area contributed by atoms with Crippen LogP contribution in [0.25, 0.3) is 0 Å². The number of carbonyl (C=O) groups excluding carboxylic acids is 2. The molecule has 1 fully saturated rings. The number of nitrogens with two attached hydrogens (primary N) is 1. The number of hydrogen-bond donors (Lipinski definition) is 4. The molecular weight excluding hydrogens is 625 g/mol. The molecule has 3 rings (SSSR count). The van der Waals surface area contributed by atoms with Crippen LogP contribution in [0.4, 0.5) is 0 Å². The summed E-state index contributed by atoms with van der Waals surface area (Å²) in [5, 5.41) is 25.1. The van der Waals surface area contributed by atoms with E-state index in [0.717, 1.165) is 69.1 Å². The van der Waals surface area contributed by atoms with E-state index in [0.29, 0.717) is 68.3 Å². The normalized spacial score (nSPS) is 24.9. The summed E-state index contributed by atoms with van der Waals surface area (Å²) in [6, 6.07) is 3.80. The molecule has 2 heterocycles. The summed E-state index contributed by atoms with van der Waals surface area (Å²) >= 11 is 0. The monoisotopic (exact) mass is 680 g/mol. The van der Waals surface area contributed by atoms with Crippen LogP contribution >= 0.6 is 21.6 Å². The lowest BCUT2D eigenvalue weighted by Gasteiger charge is -2.29. The minimum atomic E-state index is -0.548. The lowest BCUT2D eigenvalue weighted by atomic mass is 9.92. The van der Waals surface area contributed by atoms with E-state index >= 15 is 0 Å². The quantitative estimate of drug-likeness (QED) is 0.162. The number of unbranched alkanes of at least 4 members (excludes halogenated alkanes) is 2. The molecule has 5 N–H and O–H groups in total. The number of ether oxygens (including phenoxy) is 2. The lowest BCUT2D eigenvalue weighted by molar-refractivity contribution is -0.148. The van der Waals surface area contributed by atoms with Crippen molar-refractivity contribution in [2.24, 2.45) is 16.6 Å². The Kier molecular flexibility index (Phi) is 17.3. The van der Waals surface area contributed by atoms with Gasteiger partial charge >= 0.3 is 5.97 Å². The highest BCUT2D eigenvalue weighted by atomic mass is 33.1. The molecule has 1 aromatic rings. The number of aliphatic imine (C=N–C) groups is 1. The van der Waals surface area contributed by atoms with Gasteiger partial charge in [0.2, 0.25) is 5.91 Å². The summed E-state index contributed by atoms with van der Waals surface area (Å²) in [5.41, 5.74) is 7.70. The van der Waals surface area contributed by atoms with Crippen LogP contribution in [0, 0.1) is 5.92 Å². The van der Waals surface area contributed by atoms with Crippen molar-refractivity contribution in [1.29, 1.82) is 0 Å². The van der Waals surface area contributed by atoms with Crippen LogP contribution in [0.5, 0.6) is 11.5 Å². The fourth-order valence-electron chi connectivity index (χ4n) is 6.48. The van der Waals surface area contributed by atoms with Crippen molar-refractivity contribution in [2.45, 2.75) is 129 Å². The van der Waals surface area contributed by atoms with E-state index in [1.807, 2.05) is 11.0 Å². The zero-order chi connectivity index (χ0) is 33.3. The van der Waals surface area contributed by atoms with Gasteiger partial charge in [-0.25, -0.2) is 4.99 Å². The van der Waals surface area contributed by atoms with Gasteiger partial charge in [0.05, 0.1) is 19.1 Å². The van der Waals surface area contributed by atoms with Crippen molar-refractivity contribution in [1.82, 2.24) is 10.2 Å². The predicted molar refractivity (Wildman–Crippen MR) is 188 cm³/mol. The smallest absolute Gasteiger partial charge is 0.302 e. The second-order valence-electron chi connectivity index (χ2n) is 12.5. The van der Waals surface area contributed by atoms with Gasteiger partial charge in [-0.2, -0.15) is 0 Å². The minimum Gasteiger partial charge on any atom is -0.504 e. The van der Waals surface area contributed by atoms with E-state index in [9.17, 15) is 19.8 Å².